The Balaban J connectivity index is 1.42. The van der Waals surface area contributed by atoms with Crippen molar-refractivity contribution in [1.29, 1.82) is 0 Å². The fourth-order valence-electron chi connectivity index (χ4n) is 5.55. The number of piperidine rings is 3. The normalized spacial score (nSPS) is 48.8. The van der Waals surface area contributed by atoms with Gasteiger partial charge in [-0.25, -0.2) is 0 Å². The van der Waals surface area contributed by atoms with E-state index < -0.39 is 0 Å². The third-order valence-corrected chi connectivity index (χ3v) is 6.49. The molecule has 5 aliphatic rings. The third-order valence-electron chi connectivity index (χ3n) is 6.49. The predicted molar refractivity (Wildman–Crippen MR) is 74.6 cm³/mol. The first-order valence-electron chi connectivity index (χ1n) is 8.24. The lowest BCUT2D eigenvalue weighted by molar-refractivity contribution is -0.00595. The molecule has 0 aromatic carbocycles. The molecular formula is C16H28N2. The zero-order chi connectivity index (χ0) is 12.1. The van der Waals surface area contributed by atoms with Crippen LogP contribution in [0.5, 0.6) is 0 Å². The summed E-state index contributed by atoms with van der Waals surface area (Å²) in [5, 5.41) is 0. The molecule has 5 rings (SSSR count). The first-order valence-corrected chi connectivity index (χ1v) is 8.24. The lowest BCUT2D eigenvalue weighted by atomic mass is 9.72. The topological polar surface area (TPSA) is 6.48 Å². The maximum Gasteiger partial charge on any atom is 0.0133 e. The summed E-state index contributed by atoms with van der Waals surface area (Å²) in [5.74, 6) is 3.10. The molecular weight excluding hydrogens is 220 g/mol. The summed E-state index contributed by atoms with van der Waals surface area (Å²) in [6.45, 7) is 4.21. The Morgan fingerprint density at radius 3 is 2.67 bits per heavy atom. The van der Waals surface area contributed by atoms with Crippen LogP contribution in [0.4, 0.5) is 0 Å². The molecule has 2 nitrogen and oxygen atoms in total. The van der Waals surface area contributed by atoms with Gasteiger partial charge in [-0.3, -0.25) is 0 Å². The molecule has 18 heavy (non-hydrogen) atoms. The largest absolute Gasteiger partial charge is 0.303 e. The van der Waals surface area contributed by atoms with Crippen molar-refractivity contribution in [2.45, 2.75) is 57.0 Å². The molecule has 5 atom stereocenters. The quantitative estimate of drug-likeness (QED) is 0.741. The van der Waals surface area contributed by atoms with E-state index in [1.807, 2.05) is 0 Å². The van der Waals surface area contributed by atoms with E-state index in [-0.39, 0.29) is 0 Å². The van der Waals surface area contributed by atoms with Crippen molar-refractivity contribution >= 4 is 0 Å². The van der Waals surface area contributed by atoms with Gasteiger partial charge in [0.25, 0.3) is 0 Å². The Kier molecular flexibility index (Phi) is 2.92. The minimum atomic E-state index is 0.911. The molecule has 0 radical (unpaired) electrons. The maximum absolute atomic E-state index is 2.88. The highest BCUT2D eigenvalue weighted by Gasteiger charge is 2.41. The number of nitrogens with zero attached hydrogens (tertiary/aromatic N) is 2. The van der Waals surface area contributed by atoms with Crippen LogP contribution in [0.2, 0.25) is 0 Å². The smallest absolute Gasteiger partial charge is 0.0133 e. The molecule has 3 heterocycles. The van der Waals surface area contributed by atoms with Crippen LogP contribution in [0.3, 0.4) is 0 Å². The Hall–Kier alpha value is -0.0800. The van der Waals surface area contributed by atoms with Gasteiger partial charge in [0.1, 0.15) is 0 Å². The zero-order valence-electron chi connectivity index (χ0n) is 11.9. The molecule has 0 aromatic rings. The van der Waals surface area contributed by atoms with Gasteiger partial charge in [-0.15, -0.1) is 0 Å². The highest BCUT2D eigenvalue weighted by Crippen LogP contribution is 2.41. The number of hydrogen-bond donors (Lipinski definition) is 0. The summed E-state index contributed by atoms with van der Waals surface area (Å²) >= 11 is 0. The second-order valence-electron chi connectivity index (χ2n) is 7.56. The number of fused-ring (bicyclic) bond motifs is 5. The van der Waals surface area contributed by atoms with Crippen LogP contribution in [0.15, 0.2) is 0 Å². The lowest BCUT2D eigenvalue weighted by Crippen LogP contribution is -2.55. The summed E-state index contributed by atoms with van der Waals surface area (Å²) < 4.78 is 0. The van der Waals surface area contributed by atoms with Gasteiger partial charge in [-0.05, 0) is 76.3 Å². The van der Waals surface area contributed by atoms with E-state index in [0.717, 1.165) is 29.8 Å². The van der Waals surface area contributed by atoms with Gasteiger partial charge >= 0.3 is 0 Å². The molecule has 3 aliphatic heterocycles. The molecule has 0 aromatic heterocycles. The minimum absolute atomic E-state index is 0.911. The van der Waals surface area contributed by atoms with E-state index in [1.165, 1.54) is 64.6 Å². The van der Waals surface area contributed by atoms with Crippen LogP contribution in [0.25, 0.3) is 0 Å². The fourth-order valence-corrected chi connectivity index (χ4v) is 5.55. The van der Waals surface area contributed by atoms with Crippen molar-refractivity contribution in [3.8, 4) is 0 Å². The zero-order valence-corrected chi connectivity index (χ0v) is 11.9. The standard InChI is InChI=1S/C16H28N2/c1-17-10-13-3-5-16(17)14(8-13)11-18-7-6-12-2-4-15(18)9-12/h12-16H,2-11H2,1H3. The average molecular weight is 248 g/mol. The van der Waals surface area contributed by atoms with Crippen molar-refractivity contribution < 1.29 is 0 Å². The van der Waals surface area contributed by atoms with Crippen molar-refractivity contribution in [3.05, 3.63) is 0 Å². The Morgan fingerprint density at radius 2 is 1.83 bits per heavy atom. The maximum atomic E-state index is 2.88. The first-order chi connectivity index (χ1) is 8.79. The highest BCUT2D eigenvalue weighted by molar-refractivity contribution is 4.96. The molecule has 2 heteroatoms. The lowest BCUT2D eigenvalue weighted by Gasteiger charge is -2.50. The summed E-state index contributed by atoms with van der Waals surface area (Å²) in [5.41, 5.74) is 0. The molecule has 102 valence electrons. The number of rotatable bonds is 2. The fraction of sp³-hybridized carbons (Fsp3) is 1.00. The van der Waals surface area contributed by atoms with Gasteiger partial charge in [0.05, 0.1) is 0 Å². The first kappa shape index (κ1) is 11.7. The molecule has 0 spiro atoms. The predicted octanol–water partition coefficient (Wildman–Crippen LogP) is 2.59. The van der Waals surface area contributed by atoms with E-state index in [1.54, 1.807) is 0 Å². The van der Waals surface area contributed by atoms with Crippen molar-refractivity contribution in [2.24, 2.45) is 17.8 Å². The molecule has 2 saturated carbocycles. The minimum Gasteiger partial charge on any atom is -0.303 e. The second-order valence-corrected chi connectivity index (χ2v) is 7.56. The van der Waals surface area contributed by atoms with E-state index in [4.69, 9.17) is 0 Å². The molecule has 2 aliphatic carbocycles. The monoisotopic (exact) mass is 248 g/mol. The SMILES string of the molecule is CN1CC2CCC1C(CN1CCC3CCC1C3)C2. The summed E-state index contributed by atoms with van der Waals surface area (Å²) in [7, 11) is 2.37. The van der Waals surface area contributed by atoms with Gasteiger partial charge < -0.3 is 9.80 Å². The average Bonchev–Trinajstić information content (AvgIpc) is 2.76. The number of hydrogen-bond acceptors (Lipinski definition) is 2. The Bertz CT molecular complexity index is 316. The number of likely N-dealkylation sites (tertiary alicyclic amines) is 1. The van der Waals surface area contributed by atoms with Crippen LogP contribution in [0, 0.1) is 17.8 Å². The molecule has 0 N–H and O–H groups in total. The van der Waals surface area contributed by atoms with Crippen LogP contribution < -0.4 is 0 Å². The molecule has 4 bridgehead atoms. The third kappa shape index (κ3) is 1.92. The Labute approximate surface area is 112 Å². The molecule has 0 amide bonds. The van der Waals surface area contributed by atoms with Gasteiger partial charge in [0.2, 0.25) is 0 Å². The summed E-state index contributed by atoms with van der Waals surface area (Å²) in [6.07, 6.45) is 10.6. The summed E-state index contributed by atoms with van der Waals surface area (Å²) in [6, 6.07) is 1.88. The molecule has 5 fully saturated rings. The van der Waals surface area contributed by atoms with Crippen LogP contribution in [-0.4, -0.2) is 48.6 Å². The van der Waals surface area contributed by atoms with Crippen LogP contribution >= 0.6 is 0 Å². The van der Waals surface area contributed by atoms with E-state index >= 15 is 0 Å². The summed E-state index contributed by atoms with van der Waals surface area (Å²) in [4.78, 5) is 5.55. The van der Waals surface area contributed by atoms with E-state index in [0.29, 0.717) is 0 Å². The van der Waals surface area contributed by atoms with Gasteiger partial charge in [-0.1, -0.05) is 0 Å². The van der Waals surface area contributed by atoms with Crippen molar-refractivity contribution in [3.63, 3.8) is 0 Å². The van der Waals surface area contributed by atoms with Crippen molar-refractivity contribution in [1.82, 2.24) is 9.80 Å². The van der Waals surface area contributed by atoms with E-state index in [2.05, 4.69) is 16.8 Å². The Morgan fingerprint density at radius 1 is 0.944 bits per heavy atom. The van der Waals surface area contributed by atoms with Gasteiger partial charge in [-0.2, -0.15) is 0 Å². The second kappa shape index (κ2) is 4.49. The molecule has 3 saturated heterocycles. The van der Waals surface area contributed by atoms with Crippen LogP contribution in [-0.2, 0) is 0 Å². The van der Waals surface area contributed by atoms with Gasteiger partial charge in [0.15, 0.2) is 0 Å². The van der Waals surface area contributed by atoms with Crippen LogP contribution in [0.1, 0.15) is 44.9 Å². The van der Waals surface area contributed by atoms with Crippen molar-refractivity contribution in [2.75, 3.05) is 26.7 Å². The van der Waals surface area contributed by atoms with Gasteiger partial charge in [0, 0.05) is 25.2 Å². The van der Waals surface area contributed by atoms with E-state index in [9.17, 15) is 0 Å². The highest BCUT2D eigenvalue weighted by atomic mass is 15.2. The molecule has 5 unspecified atom stereocenters.